The monoisotopic (exact) mass is 370 g/mol. The Morgan fingerprint density at radius 2 is 1.59 bits per heavy atom. The van der Waals surface area contributed by atoms with Crippen molar-refractivity contribution in [3.63, 3.8) is 0 Å². The zero-order chi connectivity index (χ0) is 19.6. The lowest BCUT2D eigenvalue weighted by atomic mass is 10.1. The van der Waals surface area contributed by atoms with Crippen LogP contribution in [0.1, 0.15) is 5.56 Å². The number of hydrogen-bond acceptors (Lipinski definition) is 5. The highest BCUT2D eigenvalue weighted by Gasteiger charge is 2.05. The summed E-state index contributed by atoms with van der Waals surface area (Å²) in [6.45, 7) is -0.0168. The highest BCUT2D eigenvalue weighted by molar-refractivity contribution is 6.02. The summed E-state index contributed by atoms with van der Waals surface area (Å²) in [6, 6.07) is 12.1. The number of benzene rings is 2. The second-order valence-electron chi connectivity index (χ2n) is 5.49. The SMILES string of the molecule is COCC(=O)Nc1ccc(NC(=O)/C=C/c2cc(OC)ccc2OC)cc1. The predicted octanol–water partition coefficient (Wildman–Crippen LogP) is 2.94. The van der Waals surface area contributed by atoms with Gasteiger partial charge in [-0.3, -0.25) is 9.59 Å². The van der Waals surface area contributed by atoms with Crippen LogP contribution in [0, 0.1) is 0 Å². The second kappa shape index (κ2) is 9.98. The number of nitrogens with one attached hydrogen (secondary N) is 2. The first-order chi connectivity index (χ1) is 13.0. The highest BCUT2D eigenvalue weighted by Crippen LogP contribution is 2.25. The molecule has 0 saturated heterocycles. The number of methoxy groups -OCH3 is 3. The van der Waals surface area contributed by atoms with Crippen molar-refractivity contribution >= 4 is 29.3 Å². The van der Waals surface area contributed by atoms with E-state index in [9.17, 15) is 9.59 Å². The zero-order valence-electron chi connectivity index (χ0n) is 15.4. The van der Waals surface area contributed by atoms with Crippen LogP contribution in [0.4, 0.5) is 11.4 Å². The highest BCUT2D eigenvalue weighted by atomic mass is 16.5. The lowest BCUT2D eigenvalue weighted by Gasteiger charge is -2.08. The summed E-state index contributed by atoms with van der Waals surface area (Å²) in [4.78, 5) is 23.6. The van der Waals surface area contributed by atoms with Crippen LogP contribution in [0.2, 0.25) is 0 Å². The molecule has 2 amide bonds. The van der Waals surface area contributed by atoms with Crippen LogP contribution in [0.5, 0.6) is 11.5 Å². The Hall–Kier alpha value is -3.32. The molecule has 0 aromatic heterocycles. The van der Waals surface area contributed by atoms with Gasteiger partial charge in [-0.25, -0.2) is 0 Å². The molecule has 2 aromatic carbocycles. The van der Waals surface area contributed by atoms with E-state index < -0.39 is 0 Å². The van der Waals surface area contributed by atoms with Gasteiger partial charge in [0.15, 0.2) is 0 Å². The molecule has 0 bridgehead atoms. The van der Waals surface area contributed by atoms with Gasteiger partial charge in [0.25, 0.3) is 0 Å². The molecule has 0 atom stereocenters. The molecule has 7 heteroatoms. The van der Waals surface area contributed by atoms with E-state index in [1.54, 1.807) is 62.8 Å². The summed E-state index contributed by atoms with van der Waals surface area (Å²) in [6.07, 6.45) is 3.06. The minimum atomic E-state index is -0.295. The molecule has 2 N–H and O–H groups in total. The smallest absolute Gasteiger partial charge is 0.250 e. The molecule has 0 aliphatic carbocycles. The Balaban J connectivity index is 1.99. The molecule has 0 spiro atoms. The standard InChI is InChI=1S/C20H22N2O5/c1-25-13-20(24)22-16-7-5-15(6-8-16)21-19(23)11-4-14-12-17(26-2)9-10-18(14)27-3/h4-12H,13H2,1-3H3,(H,21,23)(H,22,24)/b11-4+. The van der Waals surface area contributed by atoms with Crippen molar-refractivity contribution in [2.75, 3.05) is 38.6 Å². The number of hydrogen-bond donors (Lipinski definition) is 2. The zero-order valence-corrected chi connectivity index (χ0v) is 15.4. The molecule has 7 nitrogen and oxygen atoms in total. The fraction of sp³-hybridized carbons (Fsp3) is 0.200. The Morgan fingerprint density at radius 1 is 0.926 bits per heavy atom. The van der Waals surface area contributed by atoms with Gasteiger partial charge in [0.1, 0.15) is 18.1 Å². The summed E-state index contributed by atoms with van der Waals surface area (Å²) in [5.74, 6) is 0.762. The van der Waals surface area contributed by atoms with Gasteiger partial charge in [0, 0.05) is 30.1 Å². The predicted molar refractivity (Wildman–Crippen MR) is 104 cm³/mol. The minimum Gasteiger partial charge on any atom is -0.497 e. The van der Waals surface area contributed by atoms with Crippen LogP contribution >= 0.6 is 0 Å². The third-order valence-electron chi connectivity index (χ3n) is 3.56. The number of carbonyl (C=O) groups excluding carboxylic acids is 2. The van der Waals surface area contributed by atoms with Crippen LogP contribution in [-0.2, 0) is 14.3 Å². The molecule has 0 heterocycles. The molecule has 142 valence electrons. The lowest BCUT2D eigenvalue weighted by Crippen LogP contribution is -2.17. The molecule has 0 aliphatic rings. The molecule has 0 aliphatic heterocycles. The Morgan fingerprint density at radius 3 is 2.19 bits per heavy atom. The van der Waals surface area contributed by atoms with Gasteiger partial charge in [0.05, 0.1) is 14.2 Å². The minimum absolute atomic E-state index is 0.0168. The molecule has 27 heavy (non-hydrogen) atoms. The van der Waals surface area contributed by atoms with Crippen LogP contribution in [0.15, 0.2) is 48.5 Å². The average Bonchev–Trinajstić information content (AvgIpc) is 2.67. The van der Waals surface area contributed by atoms with Crippen molar-refractivity contribution in [1.29, 1.82) is 0 Å². The lowest BCUT2D eigenvalue weighted by molar-refractivity contribution is -0.119. The van der Waals surface area contributed by atoms with Crippen molar-refractivity contribution in [3.05, 3.63) is 54.1 Å². The molecule has 2 aromatic rings. The summed E-state index contributed by atoms with van der Waals surface area (Å²) >= 11 is 0. The second-order valence-corrected chi connectivity index (χ2v) is 5.49. The fourth-order valence-electron chi connectivity index (χ4n) is 2.28. The maximum absolute atomic E-state index is 12.1. The van der Waals surface area contributed by atoms with E-state index in [2.05, 4.69) is 10.6 Å². The quantitative estimate of drug-likeness (QED) is 0.698. The Labute approximate surface area is 157 Å². The van der Waals surface area contributed by atoms with Crippen LogP contribution in [0.3, 0.4) is 0 Å². The largest absolute Gasteiger partial charge is 0.497 e. The average molecular weight is 370 g/mol. The van der Waals surface area contributed by atoms with Gasteiger partial charge in [0.2, 0.25) is 11.8 Å². The van der Waals surface area contributed by atoms with E-state index in [0.29, 0.717) is 22.9 Å². The van der Waals surface area contributed by atoms with Crippen LogP contribution < -0.4 is 20.1 Å². The summed E-state index contributed by atoms with van der Waals surface area (Å²) in [7, 11) is 4.59. The molecular formula is C20H22N2O5. The normalized spacial score (nSPS) is 10.5. The molecule has 0 saturated carbocycles. The van der Waals surface area contributed by atoms with Gasteiger partial charge in [-0.15, -0.1) is 0 Å². The maximum atomic E-state index is 12.1. The molecule has 0 unspecified atom stereocenters. The molecule has 0 radical (unpaired) electrons. The summed E-state index contributed by atoms with van der Waals surface area (Å²) in [5, 5.41) is 5.43. The maximum Gasteiger partial charge on any atom is 0.250 e. The fourth-order valence-corrected chi connectivity index (χ4v) is 2.28. The first kappa shape index (κ1) is 20.0. The van der Waals surface area contributed by atoms with Crippen LogP contribution in [0.25, 0.3) is 6.08 Å². The van der Waals surface area contributed by atoms with Crippen molar-refractivity contribution < 1.29 is 23.8 Å². The Bertz CT molecular complexity index is 816. The van der Waals surface area contributed by atoms with E-state index in [1.807, 2.05) is 0 Å². The molecule has 0 fully saturated rings. The van der Waals surface area contributed by atoms with Crippen molar-refractivity contribution in [3.8, 4) is 11.5 Å². The van der Waals surface area contributed by atoms with Crippen molar-refractivity contribution in [1.82, 2.24) is 0 Å². The van der Waals surface area contributed by atoms with Gasteiger partial charge in [-0.2, -0.15) is 0 Å². The number of carbonyl (C=O) groups is 2. The van der Waals surface area contributed by atoms with E-state index in [0.717, 1.165) is 5.56 Å². The topological polar surface area (TPSA) is 85.9 Å². The third-order valence-corrected chi connectivity index (χ3v) is 3.56. The van der Waals surface area contributed by atoms with Crippen molar-refractivity contribution in [2.45, 2.75) is 0 Å². The molecular weight excluding hydrogens is 348 g/mol. The van der Waals surface area contributed by atoms with Crippen LogP contribution in [-0.4, -0.2) is 39.8 Å². The number of ether oxygens (including phenoxy) is 3. The van der Waals surface area contributed by atoms with Gasteiger partial charge < -0.3 is 24.8 Å². The van der Waals surface area contributed by atoms with Gasteiger partial charge in [-0.1, -0.05) is 0 Å². The third kappa shape index (κ3) is 6.16. The summed E-state index contributed by atoms with van der Waals surface area (Å²) in [5.41, 5.74) is 1.95. The number of amides is 2. The van der Waals surface area contributed by atoms with E-state index in [4.69, 9.17) is 14.2 Å². The van der Waals surface area contributed by atoms with Gasteiger partial charge >= 0.3 is 0 Å². The number of rotatable bonds is 8. The first-order valence-electron chi connectivity index (χ1n) is 8.15. The van der Waals surface area contributed by atoms with E-state index in [1.165, 1.54) is 13.2 Å². The molecule has 2 rings (SSSR count). The first-order valence-corrected chi connectivity index (χ1v) is 8.15. The Kier molecular flexibility index (Phi) is 7.39. The van der Waals surface area contributed by atoms with Crippen molar-refractivity contribution in [2.24, 2.45) is 0 Å². The van der Waals surface area contributed by atoms with E-state index >= 15 is 0 Å². The summed E-state index contributed by atoms with van der Waals surface area (Å²) < 4.78 is 15.2. The van der Waals surface area contributed by atoms with E-state index in [-0.39, 0.29) is 18.4 Å². The number of anilines is 2. The van der Waals surface area contributed by atoms with Gasteiger partial charge in [-0.05, 0) is 48.5 Å².